The Kier molecular flexibility index (Phi) is 8.31. The fourth-order valence-corrected chi connectivity index (χ4v) is 1.87. The van der Waals surface area contributed by atoms with Crippen molar-refractivity contribution in [1.29, 1.82) is 5.26 Å². The molecule has 1 aromatic rings. The van der Waals surface area contributed by atoms with E-state index in [2.05, 4.69) is 34.4 Å². The molecular formula is C16H23N5O. The van der Waals surface area contributed by atoms with Gasteiger partial charge in [-0.1, -0.05) is 19.9 Å². The maximum absolute atomic E-state index is 11.9. The zero-order chi connectivity index (χ0) is 16.2. The lowest BCUT2D eigenvalue weighted by molar-refractivity contribution is -0.117. The molecule has 0 atom stereocenters. The fraction of sp³-hybridized carbons (Fsp3) is 0.438. The molecule has 0 saturated heterocycles. The van der Waals surface area contributed by atoms with E-state index in [1.165, 1.54) is 6.20 Å². The number of carbonyl (C=O) groups is 1. The van der Waals surface area contributed by atoms with E-state index in [1.807, 2.05) is 12.1 Å². The number of hydrogen-bond donors (Lipinski definition) is 2. The van der Waals surface area contributed by atoms with Crippen LogP contribution in [0.25, 0.3) is 0 Å². The molecule has 1 heterocycles. The molecule has 118 valence electrons. The number of carbonyl (C=O) groups excluding carboxylic acids is 1. The van der Waals surface area contributed by atoms with Crippen molar-refractivity contribution in [3.05, 3.63) is 41.9 Å². The van der Waals surface area contributed by atoms with Gasteiger partial charge >= 0.3 is 0 Å². The first-order valence-corrected chi connectivity index (χ1v) is 7.44. The summed E-state index contributed by atoms with van der Waals surface area (Å²) in [5.74, 6) is -0.387. The lowest BCUT2D eigenvalue weighted by atomic mass is 10.2. The second-order valence-electron chi connectivity index (χ2n) is 4.69. The molecule has 0 radical (unpaired) electrons. The molecule has 0 unspecified atom stereocenters. The molecule has 0 aliphatic carbocycles. The van der Waals surface area contributed by atoms with Gasteiger partial charge in [-0.15, -0.1) is 0 Å². The largest absolute Gasteiger partial charge is 0.388 e. The first-order valence-electron chi connectivity index (χ1n) is 7.44. The van der Waals surface area contributed by atoms with Crippen LogP contribution in [0.4, 0.5) is 0 Å². The zero-order valence-electron chi connectivity index (χ0n) is 13.2. The summed E-state index contributed by atoms with van der Waals surface area (Å²) in [4.78, 5) is 18.1. The third-order valence-electron chi connectivity index (χ3n) is 3.25. The molecule has 1 aromatic heterocycles. The summed E-state index contributed by atoms with van der Waals surface area (Å²) < 4.78 is 0. The van der Waals surface area contributed by atoms with E-state index in [0.717, 1.165) is 25.2 Å². The molecule has 1 amide bonds. The quantitative estimate of drug-likeness (QED) is 0.404. The van der Waals surface area contributed by atoms with Crippen molar-refractivity contribution in [2.24, 2.45) is 0 Å². The fourth-order valence-electron chi connectivity index (χ4n) is 1.87. The van der Waals surface area contributed by atoms with Crippen LogP contribution in [-0.4, -0.2) is 42.0 Å². The second-order valence-corrected chi connectivity index (χ2v) is 4.69. The Morgan fingerprint density at radius 3 is 2.82 bits per heavy atom. The van der Waals surface area contributed by atoms with Crippen molar-refractivity contribution in [1.82, 2.24) is 20.5 Å². The van der Waals surface area contributed by atoms with Crippen LogP contribution in [0.3, 0.4) is 0 Å². The summed E-state index contributed by atoms with van der Waals surface area (Å²) >= 11 is 0. The van der Waals surface area contributed by atoms with Gasteiger partial charge in [-0.25, -0.2) is 0 Å². The van der Waals surface area contributed by atoms with Crippen LogP contribution in [0.15, 0.2) is 36.3 Å². The minimum absolute atomic E-state index is 0.0726. The van der Waals surface area contributed by atoms with E-state index < -0.39 is 0 Å². The average molecular weight is 301 g/mol. The van der Waals surface area contributed by atoms with Crippen molar-refractivity contribution in [2.75, 3.05) is 26.2 Å². The Labute approximate surface area is 131 Å². The highest BCUT2D eigenvalue weighted by atomic mass is 16.1. The molecule has 6 nitrogen and oxygen atoms in total. The van der Waals surface area contributed by atoms with Gasteiger partial charge in [0.25, 0.3) is 5.91 Å². The summed E-state index contributed by atoms with van der Waals surface area (Å²) in [6, 6.07) is 5.58. The Balaban J connectivity index is 2.40. The van der Waals surface area contributed by atoms with Crippen molar-refractivity contribution in [2.45, 2.75) is 20.4 Å². The van der Waals surface area contributed by atoms with Gasteiger partial charge < -0.3 is 15.5 Å². The van der Waals surface area contributed by atoms with E-state index in [0.29, 0.717) is 13.1 Å². The monoisotopic (exact) mass is 301 g/mol. The number of rotatable bonds is 9. The molecule has 22 heavy (non-hydrogen) atoms. The minimum Gasteiger partial charge on any atom is -0.388 e. The molecule has 0 aliphatic heterocycles. The van der Waals surface area contributed by atoms with Crippen LogP contribution in [0.2, 0.25) is 0 Å². The van der Waals surface area contributed by atoms with Gasteiger partial charge in [0, 0.05) is 38.2 Å². The summed E-state index contributed by atoms with van der Waals surface area (Å²) in [5.41, 5.74) is 0.964. The molecule has 0 bridgehead atoms. The predicted octanol–water partition coefficient (Wildman–Crippen LogP) is 1.04. The van der Waals surface area contributed by atoms with Gasteiger partial charge in [0.05, 0.1) is 0 Å². The Morgan fingerprint density at radius 2 is 2.23 bits per heavy atom. The highest BCUT2D eigenvalue weighted by Gasteiger charge is 2.08. The summed E-state index contributed by atoms with van der Waals surface area (Å²) in [6.07, 6.45) is 4.83. The SMILES string of the molecule is CCN(CC)CCN/C=C(/C#N)C(=O)NCc1cccnc1. The third-order valence-corrected chi connectivity index (χ3v) is 3.25. The number of nitrogens with one attached hydrogen (secondary N) is 2. The molecule has 0 aliphatic rings. The molecule has 6 heteroatoms. The van der Waals surface area contributed by atoms with E-state index in [4.69, 9.17) is 5.26 Å². The molecule has 0 spiro atoms. The topological polar surface area (TPSA) is 81.0 Å². The second kappa shape index (κ2) is 10.4. The molecule has 1 rings (SSSR count). The minimum atomic E-state index is -0.387. The molecule has 0 fully saturated rings. The first kappa shape index (κ1) is 17.7. The van der Waals surface area contributed by atoms with Crippen LogP contribution in [-0.2, 0) is 11.3 Å². The van der Waals surface area contributed by atoms with Crippen LogP contribution >= 0.6 is 0 Å². The van der Waals surface area contributed by atoms with Gasteiger partial charge in [0.2, 0.25) is 0 Å². The van der Waals surface area contributed by atoms with Gasteiger partial charge in [0.1, 0.15) is 11.6 Å². The number of nitriles is 1. The normalized spacial score (nSPS) is 11.1. The first-order chi connectivity index (χ1) is 10.7. The van der Waals surface area contributed by atoms with Crippen molar-refractivity contribution >= 4 is 5.91 Å². The zero-order valence-corrected chi connectivity index (χ0v) is 13.2. The number of likely N-dealkylation sites (N-methyl/N-ethyl adjacent to an activating group) is 1. The summed E-state index contributed by atoms with van der Waals surface area (Å²) in [7, 11) is 0. The molecule has 0 aromatic carbocycles. The Bertz CT molecular complexity index is 517. The Hall–Kier alpha value is -2.39. The van der Waals surface area contributed by atoms with Crippen LogP contribution in [0.1, 0.15) is 19.4 Å². The highest BCUT2D eigenvalue weighted by molar-refractivity contribution is 5.97. The van der Waals surface area contributed by atoms with Crippen molar-refractivity contribution in [3.63, 3.8) is 0 Å². The number of aromatic nitrogens is 1. The van der Waals surface area contributed by atoms with Crippen molar-refractivity contribution in [3.8, 4) is 6.07 Å². The summed E-state index contributed by atoms with van der Waals surface area (Å²) in [5, 5.41) is 14.8. The van der Waals surface area contributed by atoms with E-state index in [1.54, 1.807) is 18.5 Å². The highest BCUT2D eigenvalue weighted by Crippen LogP contribution is 1.97. The predicted molar refractivity (Wildman–Crippen MR) is 85.6 cm³/mol. The van der Waals surface area contributed by atoms with E-state index >= 15 is 0 Å². The lowest BCUT2D eigenvalue weighted by Crippen LogP contribution is -2.31. The van der Waals surface area contributed by atoms with Crippen molar-refractivity contribution < 1.29 is 4.79 Å². The maximum atomic E-state index is 11.9. The van der Waals surface area contributed by atoms with Gasteiger partial charge in [-0.05, 0) is 24.7 Å². The smallest absolute Gasteiger partial charge is 0.263 e. The van der Waals surface area contributed by atoms with Gasteiger partial charge in [0.15, 0.2) is 0 Å². The van der Waals surface area contributed by atoms with Gasteiger partial charge in [-0.3, -0.25) is 9.78 Å². The number of amides is 1. The Morgan fingerprint density at radius 1 is 1.45 bits per heavy atom. The standard InChI is InChI=1S/C16H23N5O/c1-3-21(4-2)9-8-19-13-15(10-17)16(22)20-12-14-6-5-7-18-11-14/h5-7,11,13,19H,3-4,8-9,12H2,1-2H3,(H,20,22)/b15-13-. The van der Waals surface area contributed by atoms with Gasteiger partial charge in [-0.2, -0.15) is 5.26 Å². The number of hydrogen-bond acceptors (Lipinski definition) is 5. The third kappa shape index (κ3) is 6.37. The molecule has 0 saturated carbocycles. The number of pyridine rings is 1. The molecular weight excluding hydrogens is 278 g/mol. The molecule has 2 N–H and O–H groups in total. The van der Waals surface area contributed by atoms with Crippen LogP contribution in [0.5, 0.6) is 0 Å². The van der Waals surface area contributed by atoms with E-state index in [9.17, 15) is 4.79 Å². The van der Waals surface area contributed by atoms with E-state index in [-0.39, 0.29) is 11.5 Å². The summed E-state index contributed by atoms with van der Waals surface area (Å²) in [6.45, 7) is 8.10. The number of nitrogens with zero attached hydrogens (tertiary/aromatic N) is 3. The van der Waals surface area contributed by atoms with Crippen LogP contribution in [0, 0.1) is 11.3 Å². The lowest BCUT2D eigenvalue weighted by Gasteiger charge is -2.17. The maximum Gasteiger partial charge on any atom is 0.263 e. The average Bonchev–Trinajstić information content (AvgIpc) is 2.57. The van der Waals surface area contributed by atoms with Crippen LogP contribution < -0.4 is 10.6 Å².